The highest BCUT2D eigenvalue weighted by Crippen LogP contribution is 2.41. The average Bonchev–Trinajstić information content (AvgIpc) is 2.63. The predicted octanol–water partition coefficient (Wildman–Crippen LogP) is 2.82. The van der Waals surface area contributed by atoms with E-state index in [1.54, 1.807) is 26.0 Å². The molecule has 2 rings (SSSR count). The summed E-state index contributed by atoms with van der Waals surface area (Å²) < 4.78 is 17.1. The lowest BCUT2D eigenvalue weighted by Crippen LogP contribution is -2.51. The summed E-state index contributed by atoms with van der Waals surface area (Å²) in [5.41, 5.74) is -1.07. The number of ether oxygens (including phenoxy) is 3. The Balaban J connectivity index is 2.35. The molecule has 0 bridgehead atoms. The van der Waals surface area contributed by atoms with Crippen molar-refractivity contribution in [2.45, 2.75) is 58.0 Å². The summed E-state index contributed by atoms with van der Waals surface area (Å²) in [7, 11) is 0. The summed E-state index contributed by atoms with van der Waals surface area (Å²) in [6.45, 7) is 9.25. The largest absolute Gasteiger partial charge is 0.489 e. The summed E-state index contributed by atoms with van der Waals surface area (Å²) in [6, 6.07) is 3.59. The van der Waals surface area contributed by atoms with E-state index in [4.69, 9.17) is 14.2 Å². The summed E-state index contributed by atoms with van der Waals surface area (Å²) in [6.07, 6.45) is 1.77. The molecule has 0 aliphatic carbocycles. The molecule has 1 aromatic carbocycles. The van der Waals surface area contributed by atoms with Crippen LogP contribution in [0.5, 0.6) is 5.75 Å². The summed E-state index contributed by atoms with van der Waals surface area (Å²) in [5, 5.41) is 25.2. The van der Waals surface area contributed by atoms with Crippen molar-refractivity contribution < 1.29 is 29.0 Å². The monoisotopic (exact) mass is 420 g/mol. The Morgan fingerprint density at radius 2 is 2.13 bits per heavy atom. The number of nitro benzene ring substituents is 1. The van der Waals surface area contributed by atoms with Gasteiger partial charge >= 0.3 is 0 Å². The van der Waals surface area contributed by atoms with E-state index in [0.717, 1.165) is 0 Å². The molecule has 9 heteroatoms. The number of hydrogen-bond donors (Lipinski definition) is 2. The van der Waals surface area contributed by atoms with Gasteiger partial charge in [0.25, 0.3) is 5.69 Å². The van der Waals surface area contributed by atoms with Crippen molar-refractivity contribution in [1.82, 2.24) is 5.32 Å². The highest BCUT2D eigenvalue weighted by atomic mass is 16.6. The van der Waals surface area contributed by atoms with E-state index >= 15 is 0 Å². The fraction of sp³-hybridized carbons (Fsp3) is 0.524. The Hall–Kier alpha value is -2.87. The van der Waals surface area contributed by atoms with Gasteiger partial charge in [0.2, 0.25) is 0 Å². The number of aliphatic hydroxyl groups is 1. The van der Waals surface area contributed by atoms with Crippen LogP contribution >= 0.6 is 0 Å². The first kappa shape index (κ1) is 23.4. The number of nitro groups is 1. The Kier molecular flexibility index (Phi) is 7.25. The zero-order chi connectivity index (χ0) is 22.5. The summed E-state index contributed by atoms with van der Waals surface area (Å²) in [5.74, 6) is 2.52. The predicted molar refractivity (Wildman–Crippen MR) is 110 cm³/mol. The van der Waals surface area contributed by atoms with Crippen LogP contribution < -0.4 is 10.1 Å². The Morgan fingerprint density at radius 3 is 2.73 bits per heavy atom. The fourth-order valence-electron chi connectivity index (χ4n) is 3.01. The van der Waals surface area contributed by atoms with Crippen molar-refractivity contribution in [3.05, 3.63) is 51.9 Å². The molecular weight excluding hydrogens is 392 g/mol. The van der Waals surface area contributed by atoms with Crippen LogP contribution in [0.3, 0.4) is 0 Å². The quantitative estimate of drug-likeness (QED) is 0.217. The third-order valence-electron chi connectivity index (χ3n) is 4.33. The number of hydrogen-bond acceptors (Lipinski definition) is 8. The van der Waals surface area contributed by atoms with Gasteiger partial charge in [0.1, 0.15) is 41.4 Å². The Bertz CT molecular complexity index is 851. The van der Waals surface area contributed by atoms with Crippen LogP contribution in [0.25, 0.3) is 0 Å². The van der Waals surface area contributed by atoms with Crippen molar-refractivity contribution in [2.75, 3.05) is 13.2 Å². The number of carbonyl (C=O) groups excluding carboxylic acids is 1. The number of rotatable bonds is 8. The van der Waals surface area contributed by atoms with Gasteiger partial charge in [-0.15, -0.1) is 0 Å². The second kappa shape index (κ2) is 9.30. The van der Waals surface area contributed by atoms with E-state index in [9.17, 15) is 20.0 Å². The normalized spacial score (nSPS) is 20.4. The molecule has 0 aromatic heterocycles. The molecule has 0 fully saturated rings. The van der Waals surface area contributed by atoms with Crippen molar-refractivity contribution in [3.8, 4) is 5.75 Å². The molecule has 164 valence electrons. The lowest BCUT2D eigenvalue weighted by Gasteiger charge is -2.42. The minimum atomic E-state index is -1.00. The van der Waals surface area contributed by atoms with Gasteiger partial charge in [0.15, 0.2) is 0 Å². The van der Waals surface area contributed by atoms with Crippen LogP contribution in [0.15, 0.2) is 36.2 Å². The van der Waals surface area contributed by atoms with E-state index in [2.05, 4.69) is 5.32 Å². The zero-order valence-corrected chi connectivity index (χ0v) is 17.8. The van der Waals surface area contributed by atoms with E-state index in [-0.39, 0.29) is 18.9 Å². The number of non-ortho nitro benzene ring substituents is 1. The van der Waals surface area contributed by atoms with Gasteiger partial charge in [-0.2, -0.15) is 0 Å². The van der Waals surface area contributed by atoms with Crippen molar-refractivity contribution >= 4 is 11.6 Å². The molecule has 0 radical (unpaired) electrons. The van der Waals surface area contributed by atoms with Gasteiger partial charge in [-0.3, -0.25) is 10.1 Å². The molecule has 0 saturated carbocycles. The molecule has 30 heavy (non-hydrogen) atoms. The fourth-order valence-corrected chi connectivity index (χ4v) is 3.01. The summed E-state index contributed by atoms with van der Waals surface area (Å²) >= 11 is 0. The number of benzene rings is 1. The molecular formula is C21H28N2O7. The molecule has 9 nitrogen and oxygen atoms in total. The van der Waals surface area contributed by atoms with Crippen LogP contribution in [0.2, 0.25) is 0 Å². The minimum Gasteiger partial charge on any atom is -0.489 e. The van der Waals surface area contributed by atoms with Crippen LogP contribution in [-0.2, 0) is 14.3 Å². The standard InChI is InChI=1S/C21H28N2O7/c1-20(2,3)29-15(13-28-10-6-9-24)12-22-18-16-11-14(23(26)27)7-8-17(16)30-21(4,5)19(18)25/h6-8,11-12,18-19,22,25H,10,13H2,1-5H3/b15-12+/t18-,19+/m0/s1. The molecule has 0 unspecified atom stereocenters. The highest BCUT2D eigenvalue weighted by molar-refractivity contribution is 5.48. The maximum Gasteiger partial charge on any atom is 0.270 e. The minimum absolute atomic E-state index is 0.0763. The zero-order valence-electron chi connectivity index (χ0n) is 17.8. The molecule has 2 atom stereocenters. The van der Waals surface area contributed by atoms with E-state index in [0.29, 0.717) is 17.1 Å². The van der Waals surface area contributed by atoms with E-state index < -0.39 is 28.3 Å². The third-order valence-corrected chi connectivity index (χ3v) is 4.33. The first-order valence-electron chi connectivity index (χ1n) is 9.51. The van der Waals surface area contributed by atoms with Gasteiger partial charge in [0, 0.05) is 30.0 Å². The summed E-state index contributed by atoms with van der Waals surface area (Å²) in [4.78, 5) is 21.0. The smallest absolute Gasteiger partial charge is 0.270 e. The molecule has 1 heterocycles. The van der Waals surface area contributed by atoms with Crippen LogP contribution in [-0.4, -0.2) is 46.5 Å². The molecule has 1 aromatic rings. The molecule has 1 aliphatic heterocycles. The number of fused-ring (bicyclic) bond motifs is 1. The lowest BCUT2D eigenvalue weighted by molar-refractivity contribution is -0.385. The highest BCUT2D eigenvalue weighted by Gasteiger charge is 2.43. The van der Waals surface area contributed by atoms with Crippen molar-refractivity contribution in [3.63, 3.8) is 0 Å². The second-order valence-corrected chi connectivity index (χ2v) is 8.44. The number of nitrogens with one attached hydrogen (secondary N) is 1. The Labute approximate surface area is 175 Å². The molecule has 0 spiro atoms. The second-order valence-electron chi connectivity index (χ2n) is 8.44. The van der Waals surface area contributed by atoms with Crippen molar-refractivity contribution in [1.29, 1.82) is 0 Å². The van der Waals surface area contributed by atoms with Crippen LogP contribution in [0.1, 0.15) is 46.2 Å². The molecule has 1 aliphatic rings. The van der Waals surface area contributed by atoms with E-state index in [1.807, 2.05) is 20.8 Å². The first-order chi connectivity index (χ1) is 13.9. The lowest BCUT2D eigenvalue weighted by atomic mass is 9.86. The average molecular weight is 420 g/mol. The topological polar surface area (TPSA) is 120 Å². The molecule has 0 amide bonds. The number of nitrogens with zero attached hydrogens (tertiary/aromatic N) is 1. The Morgan fingerprint density at radius 1 is 1.43 bits per heavy atom. The number of aliphatic hydroxyl groups excluding tert-OH is 1. The van der Waals surface area contributed by atoms with Gasteiger partial charge in [-0.25, -0.2) is 4.79 Å². The van der Waals surface area contributed by atoms with Crippen molar-refractivity contribution in [2.24, 2.45) is 0 Å². The van der Waals surface area contributed by atoms with Gasteiger partial charge < -0.3 is 24.6 Å². The van der Waals surface area contributed by atoms with Crippen LogP contribution in [0.4, 0.5) is 5.69 Å². The molecule has 2 N–H and O–H groups in total. The maximum absolute atomic E-state index is 11.2. The first-order valence-corrected chi connectivity index (χ1v) is 9.51. The third kappa shape index (κ3) is 6.06. The van der Waals surface area contributed by atoms with Gasteiger partial charge in [-0.1, -0.05) is 0 Å². The van der Waals surface area contributed by atoms with Gasteiger partial charge in [-0.05, 0) is 40.7 Å². The van der Waals surface area contributed by atoms with Gasteiger partial charge in [0.05, 0.1) is 17.6 Å². The molecule has 0 saturated heterocycles. The maximum atomic E-state index is 11.2. The van der Waals surface area contributed by atoms with Crippen LogP contribution in [0, 0.1) is 10.1 Å². The van der Waals surface area contributed by atoms with E-state index in [1.165, 1.54) is 24.3 Å². The SMILES string of the molecule is CC(C)(C)O/C(=C/N[C@H]1c2cc([N+](=O)[O-])ccc2OC(C)(C)[C@@H]1O)COCC=C=O.